The minimum absolute atomic E-state index is 0.0610. The number of nitrogens with zero attached hydrogens (tertiary/aromatic N) is 1. The van der Waals surface area contributed by atoms with E-state index in [0.717, 1.165) is 6.42 Å². The van der Waals surface area contributed by atoms with Crippen molar-refractivity contribution in [3.63, 3.8) is 0 Å². The van der Waals surface area contributed by atoms with Crippen molar-refractivity contribution in [2.75, 3.05) is 0 Å². The smallest absolute Gasteiger partial charge is 0.0558 e. The minimum atomic E-state index is -0.0610. The molecule has 0 spiro atoms. The van der Waals surface area contributed by atoms with Crippen LogP contribution in [-0.4, -0.2) is 4.98 Å². The van der Waals surface area contributed by atoms with Crippen molar-refractivity contribution in [3.05, 3.63) is 65.0 Å². The number of hydrogen-bond donors (Lipinski definition) is 1. The zero-order valence-corrected chi connectivity index (χ0v) is 10.4. The summed E-state index contributed by atoms with van der Waals surface area (Å²) in [7, 11) is 0. The quantitative estimate of drug-likeness (QED) is 0.873. The topological polar surface area (TPSA) is 38.9 Å². The molecule has 0 amide bonds. The summed E-state index contributed by atoms with van der Waals surface area (Å²) in [6.45, 7) is 4.23. The molecule has 2 nitrogen and oxygen atoms in total. The Morgan fingerprint density at radius 1 is 1.18 bits per heavy atom. The molecule has 88 valence electrons. The number of rotatable bonds is 3. The van der Waals surface area contributed by atoms with Gasteiger partial charge in [0.05, 0.1) is 6.04 Å². The van der Waals surface area contributed by atoms with E-state index < -0.39 is 0 Å². The van der Waals surface area contributed by atoms with Crippen LogP contribution in [0.25, 0.3) is 0 Å². The van der Waals surface area contributed by atoms with Crippen molar-refractivity contribution in [1.82, 2.24) is 4.98 Å². The molecule has 0 aliphatic carbocycles. The van der Waals surface area contributed by atoms with Gasteiger partial charge < -0.3 is 5.73 Å². The van der Waals surface area contributed by atoms with Gasteiger partial charge in [0.1, 0.15) is 0 Å². The van der Waals surface area contributed by atoms with Gasteiger partial charge in [-0.25, -0.2) is 0 Å². The Morgan fingerprint density at radius 2 is 1.94 bits per heavy atom. The summed E-state index contributed by atoms with van der Waals surface area (Å²) in [5.74, 6) is 0. The van der Waals surface area contributed by atoms with Crippen LogP contribution in [0.5, 0.6) is 0 Å². The van der Waals surface area contributed by atoms with Gasteiger partial charge in [-0.1, -0.05) is 31.2 Å². The molecule has 0 aliphatic heterocycles. The fourth-order valence-electron chi connectivity index (χ4n) is 2.14. The maximum absolute atomic E-state index is 6.37. The molecule has 0 saturated heterocycles. The fraction of sp³-hybridized carbons (Fsp3) is 0.267. The molecule has 1 unspecified atom stereocenters. The van der Waals surface area contributed by atoms with E-state index in [1.54, 1.807) is 0 Å². The van der Waals surface area contributed by atoms with E-state index in [2.05, 4.69) is 31.0 Å². The van der Waals surface area contributed by atoms with Crippen LogP contribution in [0.2, 0.25) is 0 Å². The highest BCUT2D eigenvalue weighted by atomic mass is 14.7. The Labute approximate surface area is 103 Å². The number of pyridine rings is 1. The Hall–Kier alpha value is -1.67. The molecule has 0 saturated carbocycles. The molecule has 2 heteroatoms. The molecular weight excluding hydrogens is 208 g/mol. The van der Waals surface area contributed by atoms with Crippen LogP contribution in [0.15, 0.2) is 42.7 Å². The molecular formula is C15H18N2. The van der Waals surface area contributed by atoms with Crippen molar-refractivity contribution in [1.29, 1.82) is 0 Å². The van der Waals surface area contributed by atoms with Crippen molar-refractivity contribution < 1.29 is 0 Å². The normalized spacial score (nSPS) is 12.4. The van der Waals surface area contributed by atoms with E-state index in [0.29, 0.717) is 0 Å². The largest absolute Gasteiger partial charge is 0.320 e. The van der Waals surface area contributed by atoms with Gasteiger partial charge in [-0.15, -0.1) is 0 Å². The summed E-state index contributed by atoms with van der Waals surface area (Å²) in [6, 6.07) is 10.2. The molecule has 0 aliphatic rings. The molecule has 1 aromatic carbocycles. The maximum Gasteiger partial charge on any atom is 0.0558 e. The molecule has 1 aromatic heterocycles. The van der Waals surface area contributed by atoms with Crippen LogP contribution in [0, 0.1) is 6.92 Å². The Balaban J connectivity index is 2.44. The molecule has 1 heterocycles. The van der Waals surface area contributed by atoms with Crippen LogP contribution in [0.1, 0.15) is 35.2 Å². The summed E-state index contributed by atoms with van der Waals surface area (Å²) in [4.78, 5) is 4.16. The summed E-state index contributed by atoms with van der Waals surface area (Å²) in [6.07, 6.45) is 4.68. The lowest BCUT2D eigenvalue weighted by Crippen LogP contribution is -2.15. The first-order chi connectivity index (χ1) is 8.24. The highest BCUT2D eigenvalue weighted by Gasteiger charge is 2.13. The zero-order valence-electron chi connectivity index (χ0n) is 10.4. The second-order valence-corrected chi connectivity index (χ2v) is 4.26. The van der Waals surface area contributed by atoms with Gasteiger partial charge in [0, 0.05) is 12.4 Å². The summed E-state index contributed by atoms with van der Waals surface area (Å²) >= 11 is 0. The van der Waals surface area contributed by atoms with E-state index in [1.807, 2.05) is 30.6 Å². The maximum atomic E-state index is 6.37. The molecule has 17 heavy (non-hydrogen) atoms. The van der Waals surface area contributed by atoms with Crippen molar-refractivity contribution in [2.45, 2.75) is 26.3 Å². The third kappa shape index (κ3) is 2.37. The Kier molecular flexibility index (Phi) is 3.55. The third-order valence-corrected chi connectivity index (χ3v) is 3.18. The lowest BCUT2D eigenvalue weighted by molar-refractivity contribution is 0.836. The van der Waals surface area contributed by atoms with Crippen LogP contribution in [0.3, 0.4) is 0 Å². The lowest BCUT2D eigenvalue weighted by atomic mass is 9.93. The van der Waals surface area contributed by atoms with Crippen molar-refractivity contribution in [2.24, 2.45) is 5.73 Å². The average molecular weight is 226 g/mol. The number of aryl methyl sites for hydroxylation is 2. The van der Waals surface area contributed by atoms with Gasteiger partial charge >= 0.3 is 0 Å². The predicted octanol–water partition coefficient (Wildman–Crippen LogP) is 3.00. The van der Waals surface area contributed by atoms with E-state index >= 15 is 0 Å². The highest BCUT2D eigenvalue weighted by molar-refractivity contribution is 5.39. The van der Waals surface area contributed by atoms with Crippen LogP contribution in [-0.2, 0) is 6.42 Å². The predicted molar refractivity (Wildman–Crippen MR) is 70.8 cm³/mol. The molecule has 0 radical (unpaired) electrons. The van der Waals surface area contributed by atoms with E-state index in [1.165, 1.54) is 22.3 Å². The molecule has 1 atom stereocenters. The van der Waals surface area contributed by atoms with E-state index in [4.69, 9.17) is 5.73 Å². The first-order valence-corrected chi connectivity index (χ1v) is 5.98. The van der Waals surface area contributed by atoms with Crippen molar-refractivity contribution >= 4 is 0 Å². The minimum Gasteiger partial charge on any atom is -0.320 e. The standard InChI is InChI=1S/C15H18N2/c1-3-12-10-17-9-8-14(12)15(16)13-7-5-4-6-11(13)2/h4-10,15H,3,16H2,1-2H3. The van der Waals surface area contributed by atoms with Gasteiger partial charge in [-0.3, -0.25) is 4.98 Å². The first kappa shape index (κ1) is 11.8. The van der Waals surface area contributed by atoms with Gasteiger partial charge in [0.25, 0.3) is 0 Å². The fourth-order valence-corrected chi connectivity index (χ4v) is 2.14. The third-order valence-electron chi connectivity index (χ3n) is 3.18. The highest BCUT2D eigenvalue weighted by Crippen LogP contribution is 2.24. The number of aromatic nitrogens is 1. The summed E-state index contributed by atoms with van der Waals surface area (Å²) < 4.78 is 0. The van der Waals surface area contributed by atoms with Gasteiger partial charge in [0.2, 0.25) is 0 Å². The Bertz CT molecular complexity index is 506. The van der Waals surface area contributed by atoms with Gasteiger partial charge in [-0.05, 0) is 41.7 Å². The first-order valence-electron chi connectivity index (χ1n) is 5.98. The molecule has 0 fully saturated rings. The molecule has 2 N–H and O–H groups in total. The second-order valence-electron chi connectivity index (χ2n) is 4.26. The van der Waals surface area contributed by atoms with Gasteiger partial charge in [-0.2, -0.15) is 0 Å². The average Bonchev–Trinajstić information content (AvgIpc) is 2.38. The second kappa shape index (κ2) is 5.11. The number of hydrogen-bond acceptors (Lipinski definition) is 2. The van der Waals surface area contributed by atoms with E-state index in [9.17, 15) is 0 Å². The van der Waals surface area contributed by atoms with Gasteiger partial charge in [0.15, 0.2) is 0 Å². The molecule has 2 rings (SSSR count). The SMILES string of the molecule is CCc1cnccc1C(N)c1ccccc1C. The zero-order chi connectivity index (χ0) is 12.3. The Morgan fingerprint density at radius 3 is 2.65 bits per heavy atom. The monoisotopic (exact) mass is 226 g/mol. The number of nitrogens with two attached hydrogens (primary N) is 1. The van der Waals surface area contributed by atoms with Crippen molar-refractivity contribution in [3.8, 4) is 0 Å². The molecule has 2 aromatic rings. The summed E-state index contributed by atoms with van der Waals surface area (Å²) in [5, 5.41) is 0. The lowest BCUT2D eigenvalue weighted by Gasteiger charge is -2.17. The van der Waals surface area contributed by atoms with Crippen LogP contribution in [0.4, 0.5) is 0 Å². The van der Waals surface area contributed by atoms with E-state index in [-0.39, 0.29) is 6.04 Å². The summed E-state index contributed by atoms with van der Waals surface area (Å²) in [5.41, 5.74) is 11.2. The number of benzene rings is 1. The van der Waals surface area contributed by atoms with Crippen LogP contribution < -0.4 is 5.73 Å². The molecule has 0 bridgehead atoms. The van der Waals surface area contributed by atoms with Crippen LogP contribution >= 0.6 is 0 Å².